The molecule has 0 unspecified atom stereocenters. The molecule has 2 heteroatoms. The number of hydrogen-bond donors (Lipinski definition) is 0. The van der Waals surface area contributed by atoms with Crippen LogP contribution in [0.3, 0.4) is 0 Å². The molecule has 2 aliphatic rings. The molecule has 0 radical (unpaired) electrons. The largest absolute Gasteiger partial charge is 0.455 e. The first-order chi connectivity index (χ1) is 29.1. The molecule has 59 heavy (non-hydrogen) atoms. The molecule has 1 spiro atoms. The highest BCUT2D eigenvalue weighted by Crippen LogP contribution is 2.65. The second-order valence-electron chi connectivity index (χ2n) is 16.2. The van der Waals surface area contributed by atoms with Gasteiger partial charge in [-0.3, -0.25) is 0 Å². The standard InChI is InChI=1S/C57H39NO/c1-36-22-32-45-46-33-23-37(2)35-52(46)57(51(45)34-36)50-19-8-6-14-44(50)48-17-11-20-53(55(48)57)58(41-28-24-39(25-29-41)38-12-4-3-5-13-38)42-30-26-40(27-31-42)43-16-10-18-49-47-15-7-9-21-54(47)59-56(43)49/h3-35H,1-2H3. The number of nitrogens with zero attached hydrogens (tertiary/aromatic N) is 1. The minimum absolute atomic E-state index is 0.510. The van der Waals surface area contributed by atoms with Crippen LogP contribution >= 0.6 is 0 Å². The van der Waals surface area contributed by atoms with E-state index in [0.29, 0.717) is 0 Å². The van der Waals surface area contributed by atoms with E-state index in [2.05, 4.69) is 213 Å². The van der Waals surface area contributed by atoms with Crippen LogP contribution < -0.4 is 4.90 Å². The Morgan fingerprint density at radius 2 is 0.932 bits per heavy atom. The van der Waals surface area contributed by atoms with E-state index in [9.17, 15) is 0 Å². The molecule has 2 nitrogen and oxygen atoms in total. The van der Waals surface area contributed by atoms with E-state index in [4.69, 9.17) is 4.42 Å². The van der Waals surface area contributed by atoms with E-state index in [1.165, 1.54) is 72.4 Å². The number of aryl methyl sites for hydroxylation is 2. The van der Waals surface area contributed by atoms with Crippen LogP contribution in [-0.2, 0) is 5.41 Å². The Kier molecular flexibility index (Phi) is 7.31. The molecule has 1 aromatic heterocycles. The van der Waals surface area contributed by atoms with Crippen LogP contribution in [0.25, 0.3) is 66.4 Å². The van der Waals surface area contributed by atoms with E-state index < -0.39 is 5.41 Å². The van der Waals surface area contributed by atoms with Crippen molar-refractivity contribution in [1.29, 1.82) is 0 Å². The van der Waals surface area contributed by atoms with Crippen LogP contribution in [0.1, 0.15) is 33.4 Å². The fraction of sp³-hybridized carbons (Fsp3) is 0.0526. The molecule has 9 aromatic carbocycles. The molecule has 0 atom stereocenters. The van der Waals surface area contributed by atoms with Crippen LogP contribution in [0.15, 0.2) is 205 Å². The summed E-state index contributed by atoms with van der Waals surface area (Å²) in [6.45, 7) is 4.45. The lowest BCUT2D eigenvalue weighted by atomic mass is 9.69. The molecule has 2 aliphatic carbocycles. The molecule has 0 aliphatic heterocycles. The van der Waals surface area contributed by atoms with Gasteiger partial charge in [-0.25, -0.2) is 0 Å². The number of fused-ring (bicyclic) bond motifs is 13. The fourth-order valence-corrected chi connectivity index (χ4v) is 10.3. The van der Waals surface area contributed by atoms with Crippen LogP contribution in [-0.4, -0.2) is 0 Å². The van der Waals surface area contributed by atoms with Gasteiger partial charge in [0.25, 0.3) is 0 Å². The van der Waals surface area contributed by atoms with Crippen molar-refractivity contribution in [2.45, 2.75) is 19.3 Å². The number of benzene rings is 9. The van der Waals surface area contributed by atoms with Crippen LogP contribution in [0.2, 0.25) is 0 Å². The van der Waals surface area contributed by atoms with Gasteiger partial charge < -0.3 is 9.32 Å². The lowest BCUT2D eigenvalue weighted by molar-refractivity contribution is 0.670. The van der Waals surface area contributed by atoms with Crippen LogP contribution in [0.5, 0.6) is 0 Å². The molecule has 0 saturated heterocycles. The summed E-state index contributed by atoms with van der Waals surface area (Å²) >= 11 is 0. The zero-order valence-corrected chi connectivity index (χ0v) is 32.9. The van der Waals surface area contributed by atoms with Gasteiger partial charge in [0.05, 0.1) is 11.1 Å². The van der Waals surface area contributed by atoms with Crippen molar-refractivity contribution in [3.63, 3.8) is 0 Å². The molecule has 0 fully saturated rings. The van der Waals surface area contributed by atoms with E-state index in [-0.39, 0.29) is 0 Å². The highest BCUT2D eigenvalue weighted by Gasteiger charge is 2.53. The highest BCUT2D eigenvalue weighted by molar-refractivity contribution is 6.09. The fourth-order valence-electron chi connectivity index (χ4n) is 10.3. The van der Waals surface area contributed by atoms with Gasteiger partial charge in [-0.1, -0.05) is 175 Å². The Labute approximate surface area is 344 Å². The van der Waals surface area contributed by atoms with Gasteiger partial charge in [-0.15, -0.1) is 0 Å². The first-order valence-corrected chi connectivity index (χ1v) is 20.5. The van der Waals surface area contributed by atoms with Crippen molar-refractivity contribution < 1.29 is 4.42 Å². The smallest absolute Gasteiger partial charge is 0.143 e. The maximum Gasteiger partial charge on any atom is 0.143 e. The van der Waals surface area contributed by atoms with Crippen molar-refractivity contribution in [2.75, 3.05) is 4.90 Å². The zero-order valence-electron chi connectivity index (χ0n) is 32.9. The number of anilines is 3. The van der Waals surface area contributed by atoms with Gasteiger partial charge in [0.1, 0.15) is 11.2 Å². The Morgan fingerprint density at radius 3 is 1.66 bits per heavy atom. The second-order valence-corrected chi connectivity index (χ2v) is 16.2. The first-order valence-electron chi connectivity index (χ1n) is 20.5. The number of rotatable bonds is 5. The highest BCUT2D eigenvalue weighted by atomic mass is 16.3. The minimum atomic E-state index is -0.510. The minimum Gasteiger partial charge on any atom is -0.455 e. The Balaban J connectivity index is 1.11. The topological polar surface area (TPSA) is 16.4 Å². The van der Waals surface area contributed by atoms with Crippen LogP contribution in [0, 0.1) is 13.8 Å². The molecule has 0 bridgehead atoms. The van der Waals surface area contributed by atoms with Gasteiger partial charge >= 0.3 is 0 Å². The molecule has 12 rings (SSSR count). The monoisotopic (exact) mass is 753 g/mol. The summed E-state index contributed by atoms with van der Waals surface area (Å²) in [4.78, 5) is 2.48. The molecule has 278 valence electrons. The molecule has 0 N–H and O–H groups in total. The van der Waals surface area contributed by atoms with Gasteiger partial charge in [0.2, 0.25) is 0 Å². The van der Waals surface area contributed by atoms with E-state index in [1.807, 2.05) is 6.07 Å². The van der Waals surface area contributed by atoms with E-state index in [0.717, 1.165) is 44.4 Å². The van der Waals surface area contributed by atoms with Gasteiger partial charge in [0, 0.05) is 33.3 Å². The number of furan rings is 1. The average Bonchev–Trinajstić information content (AvgIpc) is 3.91. The lowest BCUT2D eigenvalue weighted by Crippen LogP contribution is -2.28. The Morgan fingerprint density at radius 1 is 0.390 bits per heavy atom. The van der Waals surface area contributed by atoms with Crippen molar-refractivity contribution >= 4 is 39.0 Å². The molecule has 10 aromatic rings. The first kappa shape index (κ1) is 33.7. The van der Waals surface area contributed by atoms with E-state index >= 15 is 0 Å². The molecular formula is C57H39NO. The van der Waals surface area contributed by atoms with Crippen molar-refractivity contribution in [3.8, 4) is 44.5 Å². The molecule has 1 heterocycles. The second kappa shape index (κ2) is 12.8. The van der Waals surface area contributed by atoms with Crippen molar-refractivity contribution in [2.24, 2.45) is 0 Å². The summed E-state index contributed by atoms with van der Waals surface area (Å²) in [7, 11) is 0. The predicted molar refractivity (Wildman–Crippen MR) is 245 cm³/mol. The van der Waals surface area contributed by atoms with Crippen molar-refractivity contribution in [1.82, 2.24) is 0 Å². The van der Waals surface area contributed by atoms with E-state index in [1.54, 1.807) is 0 Å². The average molecular weight is 754 g/mol. The summed E-state index contributed by atoms with van der Waals surface area (Å²) < 4.78 is 6.50. The summed E-state index contributed by atoms with van der Waals surface area (Å²) in [6, 6.07) is 73.7. The Hall–Kier alpha value is -7.42. The third-order valence-corrected chi connectivity index (χ3v) is 12.8. The summed E-state index contributed by atoms with van der Waals surface area (Å²) in [5.41, 5.74) is 22.3. The third-order valence-electron chi connectivity index (χ3n) is 12.8. The third kappa shape index (κ3) is 4.87. The van der Waals surface area contributed by atoms with Crippen molar-refractivity contribution in [3.05, 3.63) is 234 Å². The SMILES string of the molecule is Cc1ccc2c(c1)C1(c3cc(C)ccc3-2)c2ccccc2-c2cccc(N(c3ccc(-c4ccccc4)cc3)c3ccc(-c4cccc5c4oc4ccccc45)cc3)c21. The number of para-hydroxylation sites is 2. The summed E-state index contributed by atoms with van der Waals surface area (Å²) in [5.74, 6) is 0. The predicted octanol–water partition coefficient (Wildman–Crippen LogP) is 15.4. The lowest BCUT2D eigenvalue weighted by Gasteiger charge is -2.36. The number of hydrogen-bond acceptors (Lipinski definition) is 2. The summed E-state index contributed by atoms with van der Waals surface area (Å²) in [5, 5.41) is 2.27. The van der Waals surface area contributed by atoms with Crippen LogP contribution in [0.4, 0.5) is 17.1 Å². The maximum atomic E-state index is 6.50. The molecule has 0 saturated carbocycles. The van der Waals surface area contributed by atoms with Gasteiger partial charge in [-0.05, 0) is 106 Å². The summed E-state index contributed by atoms with van der Waals surface area (Å²) in [6.07, 6.45) is 0. The normalized spacial score (nSPS) is 13.1. The Bertz CT molecular complexity index is 3230. The van der Waals surface area contributed by atoms with Gasteiger partial charge in [-0.2, -0.15) is 0 Å². The zero-order chi connectivity index (χ0) is 39.2. The van der Waals surface area contributed by atoms with Gasteiger partial charge in [0.15, 0.2) is 0 Å². The quantitative estimate of drug-likeness (QED) is 0.174. The molecule has 0 amide bonds. The maximum absolute atomic E-state index is 6.50. The molecular weight excluding hydrogens is 715 g/mol.